The van der Waals surface area contributed by atoms with Crippen LogP contribution in [0, 0.1) is 0 Å². The van der Waals surface area contributed by atoms with Gasteiger partial charge in [-0.2, -0.15) is 0 Å². The summed E-state index contributed by atoms with van der Waals surface area (Å²) in [6.45, 7) is 16.0. The molecule has 0 bridgehead atoms. The zero-order valence-electron chi connectivity index (χ0n) is 23.5. The lowest BCUT2D eigenvalue weighted by Gasteiger charge is -2.07. The maximum atomic E-state index is 2.26. The second-order valence-corrected chi connectivity index (χ2v) is 7.13. The standard InChI is InChI=1S/C27H24.4C2H6/c1-3-7-22(8-4-1)19-24-11-15-26(16-12-24)21-27-17-13-25(14-18-27)20-23-9-5-2-6-10-23;4*1-2/h1-18H,19-21H2;4*1-2H3. The number of benzene rings is 4. The van der Waals surface area contributed by atoms with E-state index < -0.39 is 0 Å². The summed E-state index contributed by atoms with van der Waals surface area (Å²) in [6, 6.07) is 39.3. The molecular weight excluding hydrogens is 420 g/mol. The highest BCUT2D eigenvalue weighted by Gasteiger charge is 2.01. The number of hydrogen-bond donors (Lipinski definition) is 0. The van der Waals surface area contributed by atoms with Crippen LogP contribution in [0.3, 0.4) is 0 Å². The molecule has 0 amide bonds. The third kappa shape index (κ3) is 12.8. The van der Waals surface area contributed by atoms with Gasteiger partial charge in [0.25, 0.3) is 0 Å². The molecule has 4 aromatic rings. The SMILES string of the molecule is CC.CC.CC.CC.c1ccc(Cc2ccc(Cc3ccc(Cc4ccccc4)cc3)cc2)cc1. The van der Waals surface area contributed by atoms with Gasteiger partial charge in [-0.05, 0) is 52.6 Å². The van der Waals surface area contributed by atoms with Gasteiger partial charge in [-0.1, -0.05) is 165 Å². The van der Waals surface area contributed by atoms with Crippen LogP contribution in [0.15, 0.2) is 109 Å². The third-order valence-electron chi connectivity index (χ3n) is 4.96. The minimum absolute atomic E-state index is 0.983. The first-order valence-electron chi connectivity index (χ1n) is 13.6. The molecule has 0 saturated heterocycles. The van der Waals surface area contributed by atoms with Crippen molar-refractivity contribution in [2.75, 3.05) is 0 Å². The quantitative estimate of drug-likeness (QED) is 0.264. The molecule has 0 radical (unpaired) electrons. The van der Waals surface area contributed by atoms with Gasteiger partial charge < -0.3 is 0 Å². The molecule has 0 aliphatic heterocycles. The van der Waals surface area contributed by atoms with Gasteiger partial charge in [-0.15, -0.1) is 0 Å². The van der Waals surface area contributed by atoms with E-state index in [9.17, 15) is 0 Å². The van der Waals surface area contributed by atoms with Gasteiger partial charge in [-0.3, -0.25) is 0 Å². The van der Waals surface area contributed by atoms with Crippen LogP contribution < -0.4 is 0 Å². The van der Waals surface area contributed by atoms with Crippen molar-refractivity contribution in [2.24, 2.45) is 0 Å². The van der Waals surface area contributed by atoms with Crippen LogP contribution >= 0.6 is 0 Å². The van der Waals surface area contributed by atoms with E-state index in [0.29, 0.717) is 0 Å². The van der Waals surface area contributed by atoms with Crippen LogP contribution in [0.25, 0.3) is 0 Å². The highest BCUT2D eigenvalue weighted by atomic mass is 14.1. The lowest BCUT2D eigenvalue weighted by Crippen LogP contribution is -1.92. The molecule has 0 spiro atoms. The van der Waals surface area contributed by atoms with Crippen molar-refractivity contribution in [1.29, 1.82) is 0 Å². The second kappa shape index (κ2) is 21.4. The normalized spacial score (nSPS) is 8.91. The Kier molecular flexibility index (Phi) is 19.5. The van der Waals surface area contributed by atoms with Crippen LogP contribution in [-0.4, -0.2) is 0 Å². The maximum Gasteiger partial charge on any atom is -0.00258 e. The molecule has 0 aliphatic rings. The van der Waals surface area contributed by atoms with E-state index in [0.717, 1.165) is 19.3 Å². The molecule has 4 aromatic carbocycles. The Bertz CT molecular complexity index is 867. The molecule has 0 aliphatic carbocycles. The Balaban J connectivity index is 0.00000132. The highest BCUT2D eigenvalue weighted by Crippen LogP contribution is 2.16. The molecule has 35 heavy (non-hydrogen) atoms. The molecular formula is C35H48. The Hall–Kier alpha value is -3.12. The molecule has 0 fully saturated rings. The lowest BCUT2D eigenvalue weighted by molar-refractivity contribution is 1.14. The third-order valence-corrected chi connectivity index (χ3v) is 4.96. The van der Waals surface area contributed by atoms with Crippen molar-refractivity contribution in [3.8, 4) is 0 Å². The van der Waals surface area contributed by atoms with Crippen LogP contribution in [0.1, 0.15) is 88.8 Å². The topological polar surface area (TPSA) is 0 Å². The Morgan fingerprint density at radius 3 is 0.629 bits per heavy atom. The maximum absolute atomic E-state index is 2.26. The fourth-order valence-electron chi connectivity index (χ4n) is 3.45. The first-order chi connectivity index (χ1) is 17.3. The van der Waals surface area contributed by atoms with Crippen molar-refractivity contribution in [3.05, 3.63) is 143 Å². The summed E-state index contributed by atoms with van der Waals surface area (Å²) < 4.78 is 0. The fraction of sp³-hybridized carbons (Fsp3) is 0.314. The van der Waals surface area contributed by atoms with Gasteiger partial charge in [0, 0.05) is 0 Å². The minimum atomic E-state index is 0.983. The lowest BCUT2D eigenvalue weighted by atomic mass is 9.98. The summed E-state index contributed by atoms with van der Waals surface area (Å²) in [5.74, 6) is 0. The van der Waals surface area contributed by atoms with Crippen LogP contribution in [0.4, 0.5) is 0 Å². The largest absolute Gasteiger partial charge is 0.0683 e. The summed E-state index contributed by atoms with van der Waals surface area (Å²) in [7, 11) is 0. The van der Waals surface area contributed by atoms with Crippen LogP contribution in [-0.2, 0) is 19.3 Å². The van der Waals surface area contributed by atoms with Crippen molar-refractivity contribution >= 4 is 0 Å². The molecule has 0 aromatic heterocycles. The molecule has 188 valence electrons. The summed E-state index contributed by atoms with van der Waals surface area (Å²) in [6.07, 6.45) is 2.97. The Morgan fingerprint density at radius 2 is 0.429 bits per heavy atom. The van der Waals surface area contributed by atoms with Gasteiger partial charge in [0.2, 0.25) is 0 Å². The fourth-order valence-corrected chi connectivity index (χ4v) is 3.45. The molecule has 0 atom stereocenters. The zero-order valence-corrected chi connectivity index (χ0v) is 23.5. The van der Waals surface area contributed by atoms with Gasteiger partial charge in [0.1, 0.15) is 0 Å². The smallest absolute Gasteiger partial charge is 0.00258 e. The van der Waals surface area contributed by atoms with Gasteiger partial charge >= 0.3 is 0 Å². The predicted molar refractivity (Wildman–Crippen MR) is 160 cm³/mol. The van der Waals surface area contributed by atoms with E-state index in [2.05, 4.69) is 109 Å². The summed E-state index contributed by atoms with van der Waals surface area (Å²) >= 11 is 0. The highest BCUT2D eigenvalue weighted by molar-refractivity contribution is 5.34. The summed E-state index contributed by atoms with van der Waals surface area (Å²) in [4.78, 5) is 0. The van der Waals surface area contributed by atoms with Crippen LogP contribution in [0.5, 0.6) is 0 Å². The average molecular weight is 469 g/mol. The van der Waals surface area contributed by atoms with Crippen molar-refractivity contribution < 1.29 is 0 Å². The zero-order chi connectivity index (χ0) is 26.3. The summed E-state index contributed by atoms with van der Waals surface area (Å²) in [5.41, 5.74) is 8.18. The Morgan fingerprint density at radius 1 is 0.257 bits per heavy atom. The molecule has 4 rings (SSSR count). The molecule has 0 heterocycles. The van der Waals surface area contributed by atoms with Crippen LogP contribution in [0.2, 0.25) is 0 Å². The van der Waals surface area contributed by atoms with Crippen molar-refractivity contribution in [3.63, 3.8) is 0 Å². The van der Waals surface area contributed by atoms with E-state index in [1.54, 1.807) is 0 Å². The van der Waals surface area contributed by atoms with E-state index in [1.165, 1.54) is 33.4 Å². The van der Waals surface area contributed by atoms with E-state index in [-0.39, 0.29) is 0 Å². The van der Waals surface area contributed by atoms with E-state index in [4.69, 9.17) is 0 Å². The summed E-state index contributed by atoms with van der Waals surface area (Å²) in [5, 5.41) is 0. The first-order valence-corrected chi connectivity index (χ1v) is 13.6. The first kappa shape index (κ1) is 31.9. The van der Waals surface area contributed by atoms with Gasteiger partial charge in [0.05, 0.1) is 0 Å². The monoisotopic (exact) mass is 468 g/mol. The average Bonchev–Trinajstić information content (AvgIpc) is 2.96. The molecule has 0 nitrogen and oxygen atoms in total. The predicted octanol–water partition coefficient (Wildman–Crippen LogP) is 10.6. The Labute approximate surface area is 217 Å². The second-order valence-electron chi connectivity index (χ2n) is 7.13. The number of rotatable bonds is 6. The minimum Gasteiger partial charge on any atom is -0.0683 e. The van der Waals surface area contributed by atoms with E-state index in [1.807, 2.05) is 55.4 Å². The number of hydrogen-bond acceptors (Lipinski definition) is 0. The van der Waals surface area contributed by atoms with Gasteiger partial charge in [-0.25, -0.2) is 0 Å². The van der Waals surface area contributed by atoms with Crippen molar-refractivity contribution in [1.82, 2.24) is 0 Å². The van der Waals surface area contributed by atoms with Gasteiger partial charge in [0.15, 0.2) is 0 Å². The van der Waals surface area contributed by atoms with E-state index >= 15 is 0 Å². The molecule has 0 N–H and O–H groups in total. The molecule has 0 saturated carbocycles. The van der Waals surface area contributed by atoms with Crippen molar-refractivity contribution in [2.45, 2.75) is 74.7 Å². The molecule has 0 heteroatoms. The molecule has 0 unspecified atom stereocenters.